The van der Waals surface area contributed by atoms with E-state index in [0.717, 1.165) is 17.1 Å². The number of nitrogens with one attached hydrogen (secondary N) is 1. The highest BCUT2D eigenvalue weighted by molar-refractivity contribution is 7.94. The molecule has 1 aromatic rings. The second-order valence-electron chi connectivity index (χ2n) is 7.87. The quantitative estimate of drug-likeness (QED) is 0.822. The molecule has 2 amide bonds. The molecule has 0 unspecified atom stereocenters. The fourth-order valence-corrected chi connectivity index (χ4v) is 5.67. The zero-order valence-corrected chi connectivity index (χ0v) is 15.8. The van der Waals surface area contributed by atoms with Crippen LogP contribution in [0, 0.1) is 5.41 Å². The number of rotatable bonds is 4. The van der Waals surface area contributed by atoms with Crippen LogP contribution in [0.25, 0.3) is 0 Å². The average molecular weight is 380 g/mol. The molecular weight excluding hydrogens is 356 g/mol. The van der Waals surface area contributed by atoms with Crippen molar-refractivity contribution >= 4 is 27.5 Å². The first-order chi connectivity index (χ1) is 12.0. The molecule has 0 atom stereocenters. The average Bonchev–Trinajstić information content (AvgIpc) is 3.05. The third-order valence-corrected chi connectivity index (χ3v) is 7.08. The van der Waals surface area contributed by atoms with E-state index in [-0.39, 0.29) is 23.9 Å². The summed E-state index contributed by atoms with van der Waals surface area (Å²) in [7, 11) is -3.71. The molecule has 0 bridgehead atoms. The Morgan fingerprint density at radius 3 is 2.27 bits per heavy atom. The molecule has 2 N–H and O–H groups in total. The monoisotopic (exact) mass is 380 g/mol. The van der Waals surface area contributed by atoms with Gasteiger partial charge in [0.25, 0.3) is 5.91 Å². The maximum absolute atomic E-state index is 12.4. The topological polar surface area (TPSA) is 104 Å². The molecule has 1 heterocycles. The van der Waals surface area contributed by atoms with Crippen LogP contribution in [0.15, 0.2) is 24.3 Å². The van der Waals surface area contributed by atoms with Gasteiger partial charge in [-0.25, -0.2) is 12.7 Å². The van der Waals surface area contributed by atoms with Crippen molar-refractivity contribution in [3.63, 3.8) is 0 Å². The predicted octanol–water partition coefficient (Wildman–Crippen LogP) is 1.42. The minimum Gasteiger partial charge on any atom is -0.388 e. The van der Waals surface area contributed by atoms with E-state index in [0.29, 0.717) is 18.4 Å². The van der Waals surface area contributed by atoms with Crippen LogP contribution in [0.2, 0.25) is 0 Å². The van der Waals surface area contributed by atoms with Crippen LogP contribution >= 0.6 is 0 Å². The number of amides is 2. The number of aliphatic hydroxyl groups is 1. The molecule has 0 spiro atoms. The first kappa shape index (κ1) is 18.8. The molecule has 1 saturated carbocycles. The standard InChI is InChI=1S/C18H24N2O5S/c1-17(2)12-26(24,25)20(16(17)22)14-7-5-13(6-8-14)15(21)19-11-18(23)9-3-4-10-18/h5-8,23H,3-4,9-12H2,1-2H3,(H,19,21). The van der Waals surface area contributed by atoms with Gasteiger partial charge in [-0.3, -0.25) is 9.59 Å². The largest absolute Gasteiger partial charge is 0.388 e. The molecule has 7 nitrogen and oxygen atoms in total. The molecule has 142 valence electrons. The molecule has 3 rings (SSSR count). The van der Waals surface area contributed by atoms with E-state index in [9.17, 15) is 23.1 Å². The summed E-state index contributed by atoms with van der Waals surface area (Å²) in [6.45, 7) is 3.39. The third-order valence-electron chi connectivity index (χ3n) is 5.06. The van der Waals surface area contributed by atoms with Crippen molar-refractivity contribution < 1.29 is 23.1 Å². The van der Waals surface area contributed by atoms with Crippen LogP contribution in [-0.2, 0) is 14.8 Å². The molecule has 8 heteroatoms. The van der Waals surface area contributed by atoms with E-state index >= 15 is 0 Å². The van der Waals surface area contributed by atoms with Gasteiger partial charge >= 0.3 is 0 Å². The number of nitrogens with zero attached hydrogens (tertiary/aromatic N) is 1. The Labute approximate surface area is 153 Å². The van der Waals surface area contributed by atoms with E-state index in [1.54, 1.807) is 13.8 Å². The summed E-state index contributed by atoms with van der Waals surface area (Å²) in [5, 5.41) is 13.0. The number of hydrogen-bond acceptors (Lipinski definition) is 5. The molecule has 2 aliphatic rings. The Kier molecular flexibility index (Phi) is 4.60. The molecule has 1 aliphatic heterocycles. The number of carbonyl (C=O) groups excluding carboxylic acids is 2. The summed E-state index contributed by atoms with van der Waals surface area (Å²) in [6, 6.07) is 5.88. The summed E-state index contributed by atoms with van der Waals surface area (Å²) in [6.07, 6.45) is 3.26. The van der Waals surface area contributed by atoms with Crippen LogP contribution in [0.5, 0.6) is 0 Å². The number of anilines is 1. The Balaban J connectivity index is 1.72. The summed E-state index contributed by atoms with van der Waals surface area (Å²) in [5.41, 5.74) is -1.23. The molecule has 1 aromatic carbocycles. The first-order valence-electron chi connectivity index (χ1n) is 8.72. The van der Waals surface area contributed by atoms with Crippen molar-refractivity contribution in [2.24, 2.45) is 5.41 Å². The van der Waals surface area contributed by atoms with Gasteiger partial charge in [-0.1, -0.05) is 12.8 Å². The van der Waals surface area contributed by atoms with Crippen molar-refractivity contribution in [1.82, 2.24) is 5.32 Å². The van der Waals surface area contributed by atoms with E-state index in [4.69, 9.17) is 0 Å². The lowest BCUT2D eigenvalue weighted by Crippen LogP contribution is -2.40. The van der Waals surface area contributed by atoms with E-state index in [2.05, 4.69) is 5.32 Å². The molecular formula is C18H24N2O5S. The van der Waals surface area contributed by atoms with Gasteiger partial charge in [0.1, 0.15) is 0 Å². The van der Waals surface area contributed by atoms with Crippen LogP contribution in [0.1, 0.15) is 49.9 Å². The lowest BCUT2D eigenvalue weighted by molar-refractivity contribution is -0.123. The molecule has 1 saturated heterocycles. The smallest absolute Gasteiger partial charge is 0.251 e. The summed E-state index contributed by atoms with van der Waals surface area (Å²) in [5.74, 6) is -1.05. The van der Waals surface area contributed by atoms with Gasteiger partial charge < -0.3 is 10.4 Å². The Morgan fingerprint density at radius 1 is 1.19 bits per heavy atom. The van der Waals surface area contributed by atoms with Gasteiger partial charge in [-0.2, -0.15) is 0 Å². The lowest BCUT2D eigenvalue weighted by Gasteiger charge is -2.22. The van der Waals surface area contributed by atoms with Gasteiger partial charge in [0.15, 0.2) is 0 Å². The molecule has 2 fully saturated rings. The third kappa shape index (κ3) is 3.48. The van der Waals surface area contributed by atoms with Crippen molar-refractivity contribution in [2.75, 3.05) is 16.6 Å². The second-order valence-corrected chi connectivity index (χ2v) is 9.69. The highest BCUT2D eigenvalue weighted by Crippen LogP contribution is 2.35. The van der Waals surface area contributed by atoms with Gasteiger partial charge in [0, 0.05) is 12.1 Å². The van der Waals surface area contributed by atoms with Crippen molar-refractivity contribution in [3.05, 3.63) is 29.8 Å². The van der Waals surface area contributed by atoms with Crippen molar-refractivity contribution in [1.29, 1.82) is 0 Å². The predicted molar refractivity (Wildman–Crippen MR) is 97.2 cm³/mol. The molecule has 0 radical (unpaired) electrons. The number of benzene rings is 1. The number of sulfonamides is 1. The fourth-order valence-electron chi connectivity index (χ4n) is 3.57. The summed E-state index contributed by atoms with van der Waals surface area (Å²) >= 11 is 0. The Hall–Kier alpha value is -1.93. The maximum Gasteiger partial charge on any atom is 0.251 e. The lowest BCUT2D eigenvalue weighted by atomic mass is 9.95. The van der Waals surface area contributed by atoms with E-state index in [1.165, 1.54) is 24.3 Å². The second kappa shape index (κ2) is 6.35. The van der Waals surface area contributed by atoms with Gasteiger partial charge in [-0.15, -0.1) is 0 Å². The summed E-state index contributed by atoms with van der Waals surface area (Å²) in [4.78, 5) is 24.6. The molecule has 26 heavy (non-hydrogen) atoms. The van der Waals surface area contributed by atoms with Crippen LogP contribution in [0.3, 0.4) is 0 Å². The normalized spacial score (nSPS) is 23.2. The maximum atomic E-state index is 12.4. The Morgan fingerprint density at radius 2 is 1.77 bits per heavy atom. The minimum atomic E-state index is -3.71. The fraction of sp³-hybridized carbons (Fsp3) is 0.556. The van der Waals surface area contributed by atoms with Gasteiger partial charge in [0.05, 0.1) is 22.5 Å². The Bertz CT molecular complexity index is 824. The zero-order chi connectivity index (χ0) is 19.2. The molecule has 0 aromatic heterocycles. The zero-order valence-electron chi connectivity index (χ0n) is 15.0. The SMILES string of the molecule is CC1(C)CS(=O)(=O)N(c2ccc(C(=O)NCC3(O)CCCC3)cc2)C1=O. The van der Waals surface area contributed by atoms with Crippen LogP contribution in [-0.4, -0.2) is 43.2 Å². The molecule has 1 aliphatic carbocycles. The van der Waals surface area contributed by atoms with Crippen molar-refractivity contribution in [2.45, 2.75) is 45.1 Å². The van der Waals surface area contributed by atoms with Gasteiger partial charge in [-0.05, 0) is 51.0 Å². The highest BCUT2D eigenvalue weighted by Gasteiger charge is 2.49. The van der Waals surface area contributed by atoms with Crippen molar-refractivity contribution in [3.8, 4) is 0 Å². The van der Waals surface area contributed by atoms with E-state index < -0.39 is 26.9 Å². The minimum absolute atomic E-state index is 0.195. The highest BCUT2D eigenvalue weighted by atomic mass is 32.2. The first-order valence-corrected chi connectivity index (χ1v) is 10.3. The number of hydrogen-bond donors (Lipinski definition) is 2. The van der Waals surface area contributed by atoms with Gasteiger partial charge in [0.2, 0.25) is 15.9 Å². The van der Waals surface area contributed by atoms with Crippen LogP contribution in [0.4, 0.5) is 5.69 Å². The number of carbonyl (C=O) groups is 2. The van der Waals surface area contributed by atoms with E-state index in [1.807, 2.05) is 0 Å². The summed E-state index contributed by atoms with van der Waals surface area (Å²) < 4.78 is 25.4. The van der Waals surface area contributed by atoms with Crippen LogP contribution < -0.4 is 9.62 Å².